The maximum atomic E-state index is 15.5. The fourth-order valence-corrected chi connectivity index (χ4v) is 10.4. The lowest BCUT2D eigenvalue weighted by atomic mass is 9.49. The quantitative estimate of drug-likeness (QED) is 0.117. The van der Waals surface area contributed by atoms with Gasteiger partial charge in [0.05, 0.1) is 46.6 Å². The minimum absolute atomic E-state index is 0.0683. The van der Waals surface area contributed by atoms with Crippen LogP contribution in [0.4, 0.5) is 24.7 Å². The van der Waals surface area contributed by atoms with Crippen LogP contribution in [0.5, 0.6) is 11.5 Å². The SMILES string of the molecule is COc1cc([C@H]2C3=CC[C@@H]4C(=O)N(c5ccc(-c6nc7ccccc7o6)cc5)C(=O)[C@@H]4[C@@H]3C[C@H]3C(=O)N(Nc4ncc(C(F)(F)F)cc4Cl)C(=O)[C@@]23c2ccc(Cl)cc2)ccc1O. The molecule has 2 N–H and O–H groups in total. The molecule has 0 radical (unpaired) electrons. The number of carbonyl (C=O) groups is 4. The highest BCUT2D eigenvalue weighted by atomic mass is 35.5. The molecule has 2 aliphatic heterocycles. The lowest BCUT2D eigenvalue weighted by molar-refractivity contribution is -0.139. The van der Waals surface area contributed by atoms with E-state index in [1.165, 1.54) is 13.2 Å². The van der Waals surface area contributed by atoms with Crippen LogP contribution in [-0.4, -0.2) is 50.8 Å². The second-order valence-electron chi connectivity index (χ2n) is 15.9. The van der Waals surface area contributed by atoms with Crippen LogP contribution < -0.4 is 15.1 Å². The zero-order chi connectivity index (χ0) is 44.1. The minimum atomic E-state index is -4.77. The largest absolute Gasteiger partial charge is 0.504 e. The number of aromatic nitrogens is 2. The Hall–Kier alpha value is -6.71. The number of phenols is 1. The van der Waals surface area contributed by atoms with Crippen molar-refractivity contribution in [3.05, 3.63) is 142 Å². The number of pyridine rings is 1. The summed E-state index contributed by atoms with van der Waals surface area (Å²) in [7, 11) is 1.36. The first-order valence-corrected chi connectivity index (χ1v) is 20.5. The van der Waals surface area contributed by atoms with Gasteiger partial charge < -0.3 is 14.3 Å². The first kappa shape index (κ1) is 40.4. The Morgan fingerprint density at radius 1 is 0.905 bits per heavy atom. The highest BCUT2D eigenvalue weighted by Gasteiger charge is 2.70. The molecule has 318 valence electrons. The summed E-state index contributed by atoms with van der Waals surface area (Å²) in [6.07, 6.45) is -2.34. The van der Waals surface area contributed by atoms with Gasteiger partial charge in [0.2, 0.25) is 17.7 Å². The van der Waals surface area contributed by atoms with Crippen molar-refractivity contribution >= 4 is 69.4 Å². The molecule has 0 unspecified atom stereocenters. The summed E-state index contributed by atoms with van der Waals surface area (Å²) in [6, 6.07) is 25.6. The van der Waals surface area contributed by atoms with Gasteiger partial charge in [-0.3, -0.25) is 29.5 Å². The Bertz CT molecular complexity index is 2910. The molecule has 6 atom stereocenters. The van der Waals surface area contributed by atoms with Crippen molar-refractivity contribution in [2.24, 2.45) is 23.7 Å². The zero-order valence-electron chi connectivity index (χ0n) is 32.8. The topological polar surface area (TPSA) is 155 Å². The van der Waals surface area contributed by atoms with Gasteiger partial charge in [-0.05, 0) is 96.6 Å². The molecule has 4 aliphatic rings. The van der Waals surface area contributed by atoms with Gasteiger partial charge in [-0.1, -0.05) is 65.2 Å². The van der Waals surface area contributed by atoms with Crippen LogP contribution in [0.25, 0.3) is 22.6 Å². The fourth-order valence-electron chi connectivity index (χ4n) is 10.0. The third-order valence-electron chi connectivity index (χ3n) is 12.8. The normalized spacial score (nSPS) is 24.3. The second kappa shape index (κ2) is 14.7. The number of hydrazine groups is 1. The summed E-state index contributed by atoms with van der Waals surface area (Å²) in [5.41, 5.74) is 3.36. The van der Waals surface area contributed by atoms with E-state index in [9.17, 15) is 27.9 Å². The van der Waals surface area contributed by atoms with Gasteiger partial charge in [0.25, 0.3) is 11.8 Å². The average Bonchev–Trinajstić information content (AvgIpc) is 3.89. The van der Waals surface area contributed by atoms with E-state index in [1.807, 2.05) is 24.3 Å². The van der Waals surface area contributed by atoms with Gasteiger partial charge >= 0.3 is 6.18 Å². The van der Waals surface area contributed by atoms with Crippen LogP contribution in [0.2, 0.25) is 10.0 Å². The van der Waals surface area contributed by atoms with Crippen molar-refractivity contribution in [2.45, 2.75) is 30.4 Å². The number of halogens is 5. The van der Waals surface area contributed by atoms with Crippen LogP contribution in [-0.2, 0) is 30.8 Å². The number of ether oxygens (including phenoxy) is 1. The summed E-state index contributed by atoms with van der Waals surface area (Å²) in [5.74, 6) is -7.38. The predicted molar refractivity (Wildman–Crippen MR) is 223 cm³/mol. The summed E-state index contributed by atoms with van der Waals surface area (Å²) < 4.78 is 52.1. The standard InChI is InChI=1S/C46H32Cl2F3N5O7/c1-62-36-18-23(8-17-34(36)57)38-28-15-16-29-37(43(60)55(41(29)58)27-13-6-22(7-14-27)40-53-33-4-2-3-5-35(33)63-40)30(28)20-31-42(59)56(44(61)45(31,38)24-9-11-26(47)12-10-24)54-39-32(48)19-25(21-52-39)46(49,50)51/h2-15,17-19,21,29-31,37-38,57H,16,20H2,1H3,(H,52,54)/t29-,30+,31-,37-,38-,45+/m0/s1. The molecule has 2 aromatic heterocycles. The molecular formula is C46H32Cl2F3N5O7. The number of nitrogens with zero attached hydrogens (tertiary/aromatic N) is 4. The second-order valence-corrected chi connectivity index (χ2v) is 16.7. The van der Waals surface area contributed by atoms with E-state index in [1.54, 1.807) is 66.7 Å². The molecule has 1 saturated carbocycles. The van der Waals surface area contributed by atoms with Crippen molar-refractivity contribution in [3.8, 4) is 23.0 Å². The van der Waals surface area contributed by atoms with Gasteiger partial charge in [0.15, 0.2) is 22.9 Å². The number of para-hydroxylation sites is 2. The van der Waals surface area contributed by atoms with Crippen molar-refractivity contribution in [2.75, 3.05) is 17.4 Å². The van der Waals surface area contributed by atoms with E-state index in [-0.39, 0.29) is 30.2 Å². The molecule has 4 amide bonds. The van der Waals surface area contributed by atoms with E-state index in [0.29, 0.717) is 67.2 Å². The monoisotopic (exact) mass is 893 g/mol. The van der Waals surface area contributed by atoms with Gasteiger partial charge in [-0.2, -0.15) is 18.2 Å². The molecule has 63 heavy (non-hydrogen) atoms. The van der Waals surface area contributed by atoms with Gasteiger partial charge in [0, 0.05) is 22.7 Å². The smallest absolute Gasteiger partial charge is 0.417 e. The first-order chi connectivity index (χ1) is 30.2. The number of phenolic OH excluding ortho intramolecular Hbond substituents is 1. The van der Waals surface area contributed by atoms with Crippen molar-refractivity contribution in [1.82, 2.24) is 15.0 Å². The predicted octanol–water partition coefficient (Wildman–Crippen LogP) is 9.12. The summed E-state index contributed by atoms with van der Waals surface area (Å²) in [5, 5.41) is 11.3. The summed E-state index contributed by atoms with van der Waals surface area (Å²) in [4.78, 5) is 69.2. The number of hydrogen-bond acceptors (Lipinski definition) is 10. The number of aromatic hydroxyl groups is 1. The lowest BCUT2D eigenvalue weighted by Gasteiger charge is -2.50. The van der Waals surface area contributed by atoms with E-state index < -0.39 is 75.4 Å². The number of rotatable bonds is 7. The number of benzene rings is 4. The number of carbonyl (C=O) groups excluding carboxylic acids is 4. The third kappa shape index (κ3) is 6.19. The van der Waals surface area contributed by atoms with Crippen molar-refractivity contribution in [1.29, 1.82) is 0 Å². The molecule has 3 fully saturated rings. The Morgan fingerprint density at radius 2 is 1.65 bits per heavy atom. The van der Waals surface area contributed by atoms with Crippen molar-refractivity contribution in [3.63, 3.8) is 0 Å². The average molecular weight is 895 g/mol. The number of anilines is 2. The van der Waals surface area contributed by atoms with E-state index in [2.05, 4.69) is 15.4 Å². The number of amides is 4. The number of oxazole rings is 1. The number of hydrogen-bond donors (Lipinski definition) is 2. The third-order valence-corrected chi connectivity index (χ3v) is 13.3. The molecular weight excluding hydrogens is 862 g/mol. The molecule has 4 heterocycles. The van der Waals surface area contributed by atoms with E-state index >= 15 is 9.59 Å². The van der Waals surface area contributed by atoms with E-state index in [0.717, 1.165) is 4.90 Å². The van der Waals surface area contributed by atoms with Crippen LogP contribution >= 0.6 is 23.2 Å². The van der Waals surface area contributed by atoms with Gasteiger partial charge in [0.1, 0.15) is 5.52 Å². The zero-order valence-corrected chi connectivity index (χ0v) is 34.3. The summed E-state index contributed by atoms with van der Waals surface area (Å²) >= 11 is 12.7. The molecule has 10 rings (SSSR count). The minimum Gasteiger partial charge on any atom is -0.504 e. The number of methoxy groups -OCH3 is 1. The van der Waals surface area contributed by atoms with Crippen LogP contribution in [0.3, 0.4) is 0 Å². The van der Waals surface area contributed by atoms with Gasteiger partial charge in [-0.15, -0.1) is 0 Å². The van der Waals surface area contributed by atoms with Crippen LogP contribution in [0.15, 0.2) is 119 Å². The van der Waals surface area contributed by atoms with Crippen molar-refractivity contribution < 1.29 is 46.6 Å². The molecule has 4 aromatic carbocycles. The first-order valence-electron chi connectivity index (χ1n) is 19.7. The lowest BCUT2D eigenvalue weighted by Crippen LogP contribution is -2.53. The maximum Gasteiger partial charge on any atom is 0.417 e. The number of fused-ring (bicyclic) bond motifs is 5. The van der Waals surface area contributed by atoms with E-state index in [4.69, 9.17) is 32.4 Å². The number of nitrogens with one attached hydrogen (secondary N) is 1. The number of imide groups is 2. The molecule has 6 aromatic rings. The molecule has 12 nitrogen and oxygen atoms in total. The highest BCUT2D eigenvalue weighted by Crippen LogP contribution is 2.64. The Labute approximate surface area is 365 Å². The Kier molecular flexibility index (Phi) is 9.42. The molecule has 2 aliphatic carbocycles. The highest BCUT2D eigenvalue weighted by molar-refractivity contribution is 6.33. The Morgan fingerprint density at radius 3 is 2.35 bits per heavy atom. The molecule has 17 heteroatoms. The molecule has 2 saturated heterocycles. The van der Waals surface area contributed by atoms with Crippen LogP contribution in [0.1, 0.15) is 35.4 Å². The maximum absolute atomic E-state index is 15.5. The molecule has 0 bridgehead atoms. The number of allylic oxidation sites excluding steroid dienone is 2. The molecule has 0 spiro atoms. The fraction of sp³-hybridized carbons (Fsp3) is 0.217. The Balaban J connectivity index is 1.08. The number of alkyl halides is 3. The van der Waals surface area contributed by atoms with Gasteiger partial charge in [-0.25, -0.2) is 9.97 Å². The summed E-state index contributed by atoms with van der Waals surface area (Å²) in [6.45, 7) is 0. The van der Waals surface area contributed by atoms with Crippen LogP contribution in [0, 0.1) is 23.7 Å².